The van der Waals surface area contributed by atoms with Gasteiger partial charge in [-0.05, 0) is 64.6 Å². The fourth-order valence-electron chi connectivity index (χ4n) is 2.75. The van der Waals surface area contributed by atoms with Crippen LogP contribution in [0.1, 0.15) is 30.9 Å². The molecular weight excluding hydrogens is 358 g/mol. The van der Waals surface area contributed by atoms with Gasteiger partial charge in [0.15, 0.2) is 12.3 Å². The zero-order valence-corrected chi connectivity index (χ0v) is 16.4. The van der Waals surface area contributed by atoms with Crippen LogP contribution < -0.4 is 14.8 Å². The van der Waals surface area contributed by atoms with Crippen molar-refractivity contribution < 1.29 is 18.9 Å². The van der Waals surface area contributed by atoms with Gasteiger partial charge in [0, 0.05) is 5.56 Å². The highest BCUT2D eigenvalue weighted by molar-refractivity contribution is 5.94. The first-order valence-electron chi connectivity index (χ1n) is 8.98. The van der Waals surface area contributed by atoms with E-state index in [1.807, 2.05) is 49.4 Å². The molecule has 7 nitrogen and oxygen atoms in total. The smallest absolute Gasteiger partial charge is 0.263 e. The van der Waals surface area contributed by atoms with Crippen LogP contribution in [-0.2, 0) is 4.79 Å². The van der Waals surface area contributed by atoms with E-state index in [0.717, 1.165) is 16.9 Å². The molecule has 0 aliphatic rings. The molecule has 1 heterocycles. The molecule has 0 aliphatic carbocycles. The number of aryl methyl sites for hydroxylation is 1. The van der Waals surface area contributed by atoms with Gasteiger partial charge in [0.05, 0.1) is 7.11 Å². The summed E-state index contributed by atoms with van der Waals surface area (Å²) in [6, 6.07) is 13.2. The van der Waals surface area contributed by atoms with Gasteiger partial charge >= 0.3 is 0 Å². The number of anilines is 1. The summed E-state index contributed by atoms with van der Waals surface area (Å²) in [5, 5.41) is 10.4. The third-order valence-electron chi connectivity index (χ3n) is 4.33. The summed E-state index contributed by atoms with van der Waals surface area (Å²) in [4.78, 5) is 12.2. The zero-order chi connectivity index (χ0) is 20.1. The summed E-state index contributed by atoms with van der Waals surface area (Å²) < 4.78 is 15.6. The maximum Gasteiger partial charge on any atom is 0.263 e. The van der Waals surface area contributed by atoms with Crippen LogP contribution >= 0.6 is 0 Å². The van der Waals surface area contributed by atoms with Gasteiger partial charge in [-0.25, -0.2) is 4.63 Å². The van der Waals surface area contributed by atoms with Gasteiger partial charge in [-0.2, -0.15) is 0 Å². The number of benzene rings is 2. The van der Waals surface area contributed by atoms with Crippen LogP contribution in [0.5, 0.6) is 11.5 Å². The summed E-state index contributed by atoms with van der Waals surface area (Å²) in [6.45, 7) is 6.02. The molecule has 28 heavy (non-hydrogen) atoms. The number of rotatable bonds is 7. The Bertz CT molecular complexity index is 949. The number of aromatic nitrogens is 2. The summed E-state index contributed by atoms with van der Waals surface area (Å²) in [5.41, 5.74) is 3.36. The van der Waals surface area contributed by atoms with E-state index in [4.69, 9.17) is 14.1 Å². The third kappa shape index (κ3) is 4.49. The Morgan fingerprint density at radius 3 is 2.54 bits per heavy atom. The van der Waals surface area contributed by atoms with Crippen LogP contribution in [0.25, 0.3) is 11.3 Å². The zero-order valence-electron chi connectivity index (χ0n) is 16.4. The Hall–Kier alpha value is -3.35. The lowest BCUT2D eigenvalue weighted by Crippen LogP contribution is -2.20. The van der Waals surface area contributed by atoms with E-state index in [0.29, 0.717) is 17.4 Å². The van der Waals surface area contributed by atoms with E-state index in [-0.39, 0.29) is 18.3 Å². The number of ether oxygens (including phenoxy) is 2. The number of carbonyl (C=O) groups excluding carboxylic acids is 1. The van der Waals surface area contributed by atoms with Crippen molar-refractivity contribution in [2.45, 2.75) is 26.7 Å². The highest BCUT2D eigenvalue weighted by Gasteiger charge is 2.16. The Morgan fingerprint density at radius 1 is 1.14 bits per heavy atom. The second-order valence-corrected chi connectivity index (χ2v) is 6.71. The Balaban J connectivity index is 1.64. The molecule has 7 heteroatoms. The average molecular weight is 381 g/mol. The second-order valence-electron chi connectivity index (χ2n) is 6.71. The molecule has 2 aromatic carbocycles. The second kappa shape index (κ2) is 8.56. The van der Waals surface area contributed by atoms with Crippen LogP contribution in [0.4, 0.5) is 5.82 Å². The molecule has 1 amide bonds. The van der Waals surface area contributed by atoms with Crippen molar-refractivity contribution in [3.8, 4) is 22.8 Å². The number of nitrogens with zero attached hydrogens (tertiary/aromatic N) is 2. The fraction of sp³-hybridized carbons (Fsp3) is 0.286. The standard InChI is InChI=1S/C21H23N3O4/c1-13(2)15-5-8-17(9-6-15)27-12-19(25)22-21-20(23-28-24-21)16-7-10-18(26-4)14(3)11-16/h5-11,13H,12H2,1-4H3,(H,22,24,25). The van der Waals surface area contributed by atoms with E-state index in [2.05, 4.69) is 29.5 Å². The molecule has 1 aromatic heterocycles. The molecule has 0 radical (unpaired) electrons. The SMILES string of the molecule is COc1ccc(-c2nonc2NC(=O)COc2ccc(C(C)C)cc2)cc1C. The highest BCUT2D eigenvalue weighted by atomic mass is 16.6. The lowest BCUT2D eigenvalue weighted by atomic mass is 10.0. The number of methoxy groups -OCH3 is 1. The van der Waals surface area contributed by atoms with Gasteiger partial charge in [-0.1, -0.05) is 26.0 Å². The maximum atomic E-state index is 12.2. The molecule has 0 aliphatic heterocycles. The van der Waals surface area contributed by atoms with Crippen molar-refractivity contribution in [1.29, 1.82) is 0 Å². The molecule has 0 fully saturated rings. The van der Waals surface area contributed by atoms with Gasteiger partial charge < -0.3 is 14.8 Å². The van der Waals surface area contributed by atoms with Gasteiger partial charge in [0.1, 0.15) is 11.5 Å². The first kappa shape index (κ1) is 19.4. The van der Waals surface area contributed by atoms with Crippen LogP contribution in [0.2, 0.25) is 0 Å². The normalized spacial score (nSPS) is 10.8. The predicted octanol–water partition coefficient (Wildman–Crippen LogP) is 4.19. The first-order valence-corrected chi connectivity index (χ1v) is 8.98. The lowest BCUT2D eigenvalue weighted by Gasteiger charge is -2.09. The number of carbonyl (C=O) groups is 1. The van der Waals surface area contributed by atoms with E-state index in [1.54, 1.807) is 7.11 Å². The quantitative estimate of drug-likeness (QED) is 0.660. The molecule has 3 rings (SSSR count). The molecule has 0 saturated carbocycles. The van der Waals surface area contributed by atoms with Crippen molar-refractivity contribution >= 4 is 11.7 Å². The Labute approximate surface area is 163 Å². The van der Waals surface area contributed by atoms with Crippen LogP contribution in [0, 0.1) is 6.92 Å². The topological polar surface area (TPSA) is 86.5 Å². The molecule has 146 valence electrons. The molecule has 0 bridgehead atoms. The Morgan fingerprint density at radius 2 is 1.89 bits per heavy atom. The number of hydrogen-bond donors (Lipinski definition) is 1. The molecule has 3 aromatic rings. The lowest BCUT2D eigenvalue weighted by molar-refractivity contribution is -0.118. The van der Waals surface area contributed by atoms with Gasteiger partial charge in [-0.3, -0.25) is 4.79 Å². The third-order valence-corrected chi connectivity index (χ3v) is 4.33. The van der Waals surface area contributed by atoms with Gasteiger partial charge in [0.2, 0.25) is 5.82 Å². The fourth-order valence-corrected chi connectivity index (χ4v) is 2.75. The van der Waals surface area contributed by atoms with E-state index in [9.17, 15) is 4.79 Å². The molecule has 0 atom stereocenters. The van der Waals surface area contributed by atoms with Gasteiger partial charge in [0.25, 0.3) is 5.91 Å². The summed E-state index contributed by atoms with van der Waals surface area (Å²) in [5.74, 6) is 1.73. The van der Waals surface area contributed by atoms with Gasteiger partial charge in [-0.15, -0.1) is 0 Å². The van der Waals surface area contributed by atoms with Crippen molar-refractivity contribution in [2.24, 2.45) is 0 Å². The summed E-state index contributed by atoms with van der Waals surface area (Å²) >= 11 is 0. The van der Waals surface area contributed by atoms with Crippen LogP contribution in [0.3, 0.4) is 0 Å². The van der Waals surface area contributed by atoms with Crippen molar-refractivity contribution in [1.82, 2.24) is 10.3 Å². The first-order chi connectivity index (χ1) is 13.5. The highest BCUT2D eigenvalue weighted by Crippen LogP contribution is 2.28. The molecule has 0 saturated heterocycles. The minimum absolute atomic E-state index is 0.144. The molecular formula is C21H23N3O4. The average Bonchev–Trinajstić information content (AvgIpc) is 3.14. The van der Waals surface area contributed by atoms with Crippen molar-refractivity contribution in [3.05, 3.63) is 53.6 Å². The molecule has 0 unspecified atom stereocenters. The van der Waals surface area contributed by atoms with Crippen LogP contribution in [0.15, 0.2) is 47.1 Å². The van der Waals surface area contributed by atoms with E-state index < -0.39 is 0 Å². The minimum atomic E-state index is -0.352. The largest absolute Gasteiger partial charge is 0.496 e. The number of hydrogen-bond acceptors (Lipinski definition) is 6. The maximum absolute atomic E-state index is 12.2. The van der Waals surface area contributed by atoms with Crippen molar-refractivity contribution in [3.63, 3.8) is 0 Å². The van der Waals surface area contributed by atoms with Crippen LogP contribution in [-0.4, -0.2) is 29.9 Å². The van der Waals surface area contributed by atoms with E-state index in [1.165, 1.54) is 5.56 Å². The molecule has 1 N–H and O–H groups in total. The number of nitrogens with one attached hydrogen (secondary N) is 1. The summed E-state index contributed by atoms with van der Waals surface area (Å²) in [7, 11) is 1.61. The van der Waals surface area contributed by atoms with E-state index >= 15 is 0 Å². The summed E-state index contributed by atoms with van der Waals surface area (Å²) in [6.07, 6.45) is 0. The predicted molar refractivity (Wildman–Crippen MR) is 106 cm³/mol. The number of amides is 1. The molecule has 0 spiro atoms. The minimum Gasteiger partial charge on any atom is -0.496 e. The Kier molecular flexibility index (Phi) is 5.93. The van der Waals surface area contributed by atoms with Crippen molar-refractivity contribution in [2.75, 3.05) is 19.0 Å². The monoisotopic (exact) mass is 381 g/mol.